The van der Waals surface area contributed by atoms with Crippen molar-refractivity contribution >= 4 is 11.7 Å². The van der Waals surface area contributed by atoms with Gasteiger partial charge in [-0.05, 0) is 27.9 Å². The van der Waals surface area contributed by atoms with Gasteiger partial charge in [0, 0.05) is 26.0 Å². The second-order valence-corrected chi connectivity index (χ2v) is 5.08. The van der Waals surface area contributed by atoms with Crippen LogP contribution in [0, 0.1) is 5.92 Å². The Bertz CT molecular complexity index is 293. The highest BCUT2D eigenvalue weighted by molar-refractivity contribution is 5.87. The number of nitrogens with one attached hydrogen (secondary N) is 1. The Labute approximate surface area is 117 Å². The Hall–Kier alpha value is -1.23. The summed E-state index contributed by atoms with van der Waals surface area (Å²) in [6.45, 7) is 7.22. The molecule has 0 rings (SSSR count). The molecular formula is C14H29FN2O2. The van der Waals surface area contributed by atoms with Gasteiger partial charge in [0.25, 0.3) is 0 Å². The number of nitrogens with zero attached hydrogens (tertiary/aromatic N) is 1. The van der Waals surface area contributed by atoms with E-state index in [-0.39, 0.29) is 25.1 Å². The highest BCUT2D eigenvalue weighted by Crippen LogP contribution is 1.92. The average molecular weight is 276 g/mol. The van der Waals surface area contributed by atoms with Gasteiger partial charge >= 0.3 is 0 Å². The van der Waals surface area contributed by atoms with Crippen molar-refractivity contribution in [3.63, 3.8) is 0 Å². The molecule has 0 aromatic rings. The van der Waals surface area contributed by atoms with E-state index in [0.717, 1.165) is 6.54 Å². The fraction of sp³-hybridized carbons (Fsp3) is 0.714. The number of likely N-dealkylation sites (N-methyl/N-ethyl adjacent to an activating group) is 1. The van der Waals surface area contributed by atoms with E-state index in [9.17, 15) is 14.0 Å². The number of Topliss-reactive ketones (excluding diaryl/α,β-unsaturated/α-hetero) is 1. The number of hydrogen-bond donors (Lipinski definition) is 1. The van der Waals surface area contributed by atoms with Gasteiger partial charge in [0.05, 0.1) is 0 Å². The molecule has 5 heteroatoms. The Morgan fingerprint density at radius 1 is 1.26 bits per heavy atom. The predicted molar refractivity (Wildman–Crippen MR) is 78.9 cm³/mol. The Balaban J connectivity index is -0.000000312. The molecule has 114 valence electrons. The van der Waals surface area contributed by atoms with Crippen LogP contribution in [0.5, 0.6) is 0 Å². The maximum atomic E-state index is 11.3. The van der Waals surface area contributed by atoms with E-state index in [0.29, 0.717) is 0 Å². The molecule has 0 aromatic carbocycles. The van der Waals surface area contributed by atoms with Crippen LogP contribution in [0.2, 0.25) is 0 Å². The first kappa shape index (κ1) is 20.1. The van der Waals surface area contributed by atoms with E-state index in [1.54, 1.807) is 19.9 Å². The largest absolute Gasteiger partial charge is 0.350 e. The molecule has 0 atom stereocenters. The molecule has 4 nitrogen and oxygen atoms in total. The van der Waals surface area contributed by atoms with Crippen LogP contribution in [-0.4, -0.2) is 49.9 Å². The molecule has 0 saturated heterocycles. The maximum Gasteiger partial charge on any atom is 0.243 e. The van der Waals surface area contributed by atoms with E-state index < -0.39 is 6.67 Å². The smallest absolute Gasteiger partial charge is 0.243 e. The number of ketones is 1. The molecule has 0 aliphatic heterocycles. The van der Waals surface area contributed by atoms with E-state index in [4.69, 9.17) is 0 Å². The highest BCUT2D eigenvalue weighted by atomic mass is 19.1. The van der Waals surface area contributed by atoms with Crippen molar-refractivity contribution in [2.75, 3.05) is 27.3 Å². The second kappa shape index (κ2) is 11.8. The number of rotatable bonds is 6. The van der Waals surface area contributed by atoms with Crippen molar-refractivity contribution in [3.8, 4) is 0 Å². The van der Waals surface area contributed by atoms with Gasteiger partial charge in [-0.15, -0.1) is 0 Å². The third-order valence-electron chi connectivity index (χ3n) is 1.95. The van der Waals surface area contributed by atoms with Crippen LogP contribution in [0.1, 0.15) is 29.1 Å². The van der Waals surface area contributed by atoms with E-state index >= 15 is 0 Å². The molecule has 0 heterocycles. The van der Waals surface area contributed by atoms with Crippen molar-refractivity contribution in [3.05, 3.63) is 12.2 Å². The minimum atomic E-state index is -0.822. The lowest BCUT2D eigenvalue weighted by atomic mass is 10.1. The summed E-state index contributed by atoms with van der Waals surface area (Å²) < 4.78 is 11.3. The molecule has 0 unspecified atom stereocenters. The van der Waals surface area contributed by atoms with Gasteiger partial charge in [-0.2, -0.15) is 0 Å². The first-order valence-corrected chi connectivity index (χ1v) is 6.41. The summed E-state index contributed by atoms with van der Waals surface area (Å²) >= 11 is 0. The van der Waals surface area contributed by atoms with E-state index in [1.807, 2.05) is 38.9 Å². The molecule has 0 spiro atoms. The monoisotopic (exact) mass is 276 g/mol. The Morgan fingerprint density at radius 2 is 1.79 bits per heavy atom. The fourth-order valence-electron chi connectivity index (χ4n) is 0.857. The molecule has 0 fully saturated rings. The van der Waals surface area contributed by atoms with Crippen LogP contribution in [0.3, 0.4) is 0 Å². The lowest BCUT2D eigenvalue weighted by Crippen LogP contribution is -2.28. The Morgan fingerprint density at radius 3 is 2.05 bits per heavy atom. The highest BCUT2D eigenvalue weighted by Gasteiger charge is 2.03. The zero-order chi connectivity index (χ0) is 15.4. The van der Waals surface area contributed by atoms with E-state index in [2.05, 4.69) is 5.32 Å². The lowest BCUT2D eigenvalue weighted by molar-refractivity contribution is -0.122. The normalized spacial score (nSPS) is 10.8. The maximum absolute atomic E-state index is 11.3. The van der Waals surface area contributed by atoms with Gasteiger partial charge in [-0.25, -0.2) is 4.39 Å². The van der Waals surface area contributed by atoms with Crippen molar-refractivity contribution in [1.82, 2.24) is 10.2 Å². The third kappa shape index (κ3) is 16.8. The number of carbonyl (C=O) groups excluding carboxylic acids is 2. The molecule has 0 radical (unpaired) electrons. The first-order valence-electron chi connectivity index (χ1n) is 6.41. The van der Waals surface area contributed by atoms with Gasteiger partial charge < -0.3 is 10.2 Å². The molecule has 19 heavy (non-hydrogen) atoms. The summed E-state index contributed by atoms with van der Waals surface area (Å²) in [7, 11) is 3.93. The standard InChI is InChI=1S/C9H18N2O.C5H9FO.H2/c1-8(2)10-9(12)6-5-7-11(3)4;1-4(2)5(7)3-6;/h5-6,8H,7H2,1-4H3,(H,10,12);4H,3H2,1-2H3;1H/b6-5+;;. The van der Waals surface area contributed by atoms with Gasteiger partial charge in [0.2, 0.25) is 5.91 Å². The number of alkyl halides is 1. The van der Waals surface area contributed by atoms with Crippen molar-refractivity contribution in [2.45, 2.75) is 33.7 Å². The quantitative estimate of drug-likeness (QED) is 0.755. The molecular weight excluding hydrogens is 247 g/mol. The molecule has 0 aliphatic rings. The van der Waals surface area contributed by atoms with Gasteiger partial charge in [-0.3, -0.25) is 9.59 Å². The second-order valence-electron chi connectivity index (χ2n) is 5.08. The van der Waals surface area contributed by atoms with Gasteiger partial charge in [-0.1, -0.05) is 19.9 Å². The number of hydrogen-bond acceptors (Lipinski definition) is 3. The van der Waals surface area contributed by atoms with Crippen molar-refractivity contribution < 1.29 is 15.4 Å². The van der Waals surface area contributed by atoms with Crippen LogP contribution in [0.4, 0.5) is 4.39 Å². The molecule has 0 aromatic heterocycles. The van der Waals surface area contributed by atoms with Crippen molar-refractivity contribution in [1.29, 1.82) is 0 Å². The summed E-state index contributed by atoms with van der Waals surface area (Å²) in [6, 6.07) is 0.210. The summed E-state index contributed by atoms with van der Waals surface area (Å²) in [6.07, 6.45) is 3.41. The summed E-state index contributed by atoms with van der Waals surface area (Å²) in [5.74, 6) is -0.489. The van der Waals surface area contributed by atoms with Crippen LogP contribution >= 0.6 is 0 Å². The third-order valence-corrected chi connectivity index (χ3v) is 1.95. The van der Waals surface area contributed by atoms with Crippen LogP contribution in [-0.2, 0) is 9.59 Å². The molecule has 0 bridgehead atoms. The Kier molecular flexibility index (Phi) is 12.5. The summed E-state index contributed by atoms with van der Waals surface area (Å²) in [4.78, 5) is 23.2. The van der Waals surface area contributed by atoms with Gasteiger partial charge in [0.1, 0.15) is 6.67 Å². The molecule has 0 saturated carbocycles. The first-order chi connectivity index (χ1) is 8.70. The molecule has 1 N–H and O–H groups in total. The SMILES string of the molecule is CC(C)C(=O)CF.CC(C)NC(=O)/C=C/CN(C)C.[HH]. The topological polar surface area (TPSA) is 49.4 Å². The van der Waals surface area contributed by atoms with Crippen LogP contribution in [0.25, 0.3) is 0 Å². The average Bonchev–Trinajstić information content (AvgIpc) is 2.27. The zero-order valence-corrected chi connectivity index (χ0v) is 12.9. The molecule has 1 amide bonds. The zero-order valence-electron chi connectivity index (χ0n) is 12.9. The fourth-order valence-corrected chi connectivity index (χ4v) is 0.857. The lowest BCUT2D eigenvalue weighted by Gasteiger charge is -2.05. The molecule has 0 aliphatic carbocycles. The number of halogens is 1. The van der Waals surface area contributed by atoms with E-state index in [1.165, 1.54) is 0 Å². The number of amides is 1. The minimum absolute atomic E-state index is 0. The number of carbonyl (C=O) groups is 2. The minimum Gasteiger partial charge on any atom is -0.350 e. The predicted octanol–water partition coefficient (Wildman–Crippen LogP) is 2.06. The summed E-state index contributed by atoms with van der Waals surface area (Å²) in [5.41, 5.74) is 0. The van der Waals surface area contributed by atoms with Crippen molar-refractivity contribution in [2.24, 2.45) is 5.92 Å². The van der Waals surface area contributed by atoms with Crippen LogP contribution < -0.4 is 5.32 Å². The summed E-state index contributed by atoms with van der Waals surface area (Å²) in [5, 5.41) is 2.77. The van der Waals surface area contributed by atoms with Crippen LogP contribution in [0.15, 0.2) is 12.2 Å². The van der Waals surface area contributed by atoms with Gasteiger partial charge in [0.15, 0.2) is 5.78 Å².